The smallest absolute Gasteiger partial charge is 0.190 e. The molecule has 2 aromatic heterocycles. The predicted molar refractivity (Wildman–Crippen MR) is 92.6 cm³/mol. The van der Waals surface area contributed by atoms with Gasteiger partial charge in [0.1, 0.15) is 10.8 Å². The van der Waals surface area contributed by atoms with Crippen molar-refractivity contribution in [2.75, 3.05) is 7.11 Å². The van der Waals surface area contributed by atoms with Gasteiger partial charge in [-0.25, -0.2) is 15.0 Å². The summed E-state index contributed by atoms with van der Waals surface area (Å²) in [6.07, 6.45) is 1.76. The SMILES string of the molecule is COc1ccc(-c2cnc3nc(-c4ccccc4)sc3n2)cc1. The lowest BCUT2D eigenvalue weighted by molar-refractivity contribution is 0.415. The van der Waals surface area contributed by atoms with E-state index in [-0.39, 0.29) is 0 Å². The zero-order valence-electron chi connectivity index (χ0n) is 12.4. The molecule has 4 aromatic rings. The van der Waals surface area contributed by atoms with Gasteiger partial charge in [0.05, 0.1) is 19.0 Å². The molecular formula is C18H13N3OS. The molecule has 0 fully saturated rings. The van der Waals surface area contributed by atoms with Gasteiger partial charge in [0.25, 0.3) is 0 Å². The number of aromatic nitrogens is 3. The van der Waals surface area contributed by atoms with Crippen LogP contribution in [0.4, 0.5) is 0 Å². The van der Waals surface area contributed by atoms with E-state index in [4.69, 9.17) is 9.72 Å². The second-order valence-corrected chi connectivity index (χ2v) is 5.98. The Morgan fingerprint density at radius 3 is 2.39 bits per heavy atom. The van der Waals surface area contributed by atoms with Crippen LogP contribution in [0.25, 0.3) is 32.3 Å². The first-order valence-corrected chi connectivity index (χ1v) is 7.98. The summed E-state index contributed by atoms with van der Waals surface area (Å²) in [5.41, 5.74) is 3.62. The molecule has 0 unspecified atom stereocenters. The first-order valence-electron chi connectivity index (χ1n) is 7.17. The van der Waals surface area contributed by atoms with Gasteiger partial charge < -0.3 is 4.74 Å². The van der Waals surface area contributed by atoms with Gasteiger partial charge in [0.2, 0.25) is 0 Å². The number of hydrogen-bond acceptors (Lipinski definition) is 5. The molecule has 0 saturated heterocycles. The Hall–Kier alpha value is -2.79. The fourth-order valence-corrected chi connectivity index (χ4v) is 3.23. The fraction of sp³-hybridized carbons (Fsp3) is 0.0556. The van der Waals surface area contributed by atoms with Crippen molar-refractivity contribution in [2.24, 2.45) is 0 Å². The Morgan fingerprint density at radius 2 is 1.65 bits per heavy atom. The minimum Gasteiger partial charge on any atom is -0.497 e. The molecule has 2 heterocycles. The van der Waals surface area contributed by atoms with E-state index >= 15 is 0 Å². The van der Waals surface area contributed by atoms with Gasteiger partial charge in [0.15, 0.2) is 10.5 Å². The van der Waals surface area contributed by atoms with E-state index in [1.807, 2.05) is 54.6 Å². The van der Waals surface area contributed by atoms with Crippen molar-refractivity contribution >= 4 is 21.8 Å². The Balaban J connectivity index is 1.75. The van der Waals surface area contributed by atoms with Gasteiger partial charge in [-0.1, -0.05) is 41.7 Å². The van der Waals surface area contributed by atoms with Crippen molar-refractivity contribution in [3.05, 3.63) is 60.8 Å². The summed E-state index contributed by atoms with van der Waals surface area (Å²) >= 11 is 1.56. The van der Waals surface area contributed by atoms with Crippen LogP contribution in [-0.2, 0) is 0 Å². The van der Waals surface area contributed by atoms with E-state index in [9.17, 15) is 0 Å². The molecule has 0 spiro atoms. The Kier molecular flexibility index (Phi) is 3.48. The number of thiazole rings is 1. The molecule has 2 aromatic carbocycles. The average Bonchev–Trinajstić information content (AvgIpc) is 3.06. The molecule has 0 radical (unpaired) electrons. The summed E-state index contributed by atoms with van der Waals surface area (Å²) in [4.78, 5) is 14.6. The molecule has 0 aliphatic rings. The third-order valence-corrected chi connectivity index (χ3v) is 4.52. The van der Waals surface area contributed by atoms with Gasteiger partial charge in [-0.3, -0.25) is 0 Å². The van der Waals surface area contributed by atoms with Crippen molar-refractivity contribution in [1.82, 2.24) is 15.0 Å². The van der Waals surface area contributed by atoms with E-state index in [2.05, 4.69) is 9.97 Å². The van der Waals surface area contributed by atoms with Crippen LogP contribution in [0.1, 0.15) is 0 Å². The number of methoxy groups -OCH3 is 1. The van der Waals surface area contributed by atoms with Gasteiger partial charge in [-0.2, -0.15) is 0 Å². The van der Waals surface area contributed by atoms with Crippen molar-refractivity contribution in [3.63, 3.8) is 0 Å². The standard InChI is InChI=1S/C18H13N3OS/c1-22-14-9-7-12(8-10-14)15-11-19-16-18(20-15)23-17(21-16)13-5-3-2-4-6-13/h2-11H,1H3. The lowest BCUT2D eigenvalue weighted by Crippen LogP contribution is -1.87. The van der Waals surface area contributed by atoms with Crippen LogP contribution in [0.3, 0.4) is 0 Å². The molecule has 112 valence electrons. The van der Waals surface area contributed by atoms with E-state index in [1.54, 1.807) is 24.6 Å². The molecule has 0 amide bonds. The molecule has 0 aliphatic heterocycles. The number of benzene rings is 2. The summed E-state index contributed by atoms with van der Waals surface area (Å²) in [7, 11) is 1.66. The molecule has 0 saturated carbocycles. The Labute approximate surface area is 137 Å². The lowest BCUT2D eigenvalue weighted by Gasteiger charge is -2.02. The van der Waals surface area contributed by atoms with Crippen LogP contribution in [0.2, 0.25) is 0 Å². The van der Waals surface area contributed by atoms with E-state index < -0.39 is 0 Å². The monoisotopic (exact) mass is 319 g/mol. The molecule has 0 atom stereocenters. The van der Waals surface area contributed by atoms with Crippen LogP contribution >= 0.6 is 11.3 Å². The Morgan fingerprint density at radius 1 is 0.870 bits per heavy atom. The predicted octanol–water partition coefficient (Wildman–Crippen LogP) is 4.43. The second kappa shape index (κ2) is 5.78. The first kappa shape index (κ1) is 13.8. The normalized spacial score (nSPS) is 10.8. The Bertz CT molecular complexity index is 949. The molecule has 0 N–H and O–H groups in total. The third-order valence-electron chi connectivity index (χ3n) is 3.53. The molecule has 4 rings (SSSR count). The van der Waals surface area contributed by atoms with Crippen LogP contribution in [-0.4, -0.2) is 22.1 Å². The lowest BCUT2D eigenvalue weighted by atomic mass is 10.1. The van der Waals surface area contributed by atoms with Crippen molar-refractivity contribution in [2.45, 2.75) is 0 Å². The van der Waals surface area contributed by atoms with Crippen molar-refractivity contribution in [1.29, 1.82) is 0 Å². The summed E-state index contributed by atoms with van der Waals surface area (Å²) in [6.45, 7) is 0. The molecule has 4 nitrogen and oxygen atoms in total. The van der Waals surface area contributed by atoms with Crippen LogP contribution in [0.15, 0.2) is 60.8 Å². The zero-order valence-corrected chi connectivity index (χ0v) is 13.2. The third kappa shape index (κ3) is 2.66. The highest BCUT2D eigenvalue weighted by atomic mass is 32.1. The number of fused-ring (bicyclic) bond motifs is 1. The second-order valence-electron chi connectivity index (χ2n) is 5.00. The van der Waals surface area contributed by atoms with Gasteiger partial charge in [-0.15, -0.1) is 0 Å². The minimum atomic E-state index is 0.686. The summed E-state index contributed by atoms with van der Waals surface area (Å²) in [5, 5.41) is 0.937. The first-order chi connectivity index (χ1) is 11.3. The molecule has 23 heavy (non-hydrogen) atoms. The van der Waals surface area contributed by atoms with Gasteiger partial charge in [0, 0.05) is 11.1 Å². The summed E-state index contributed by atoms with van der Waals surface area (Å²) < 4.78 is 5.18. The highest BCUT2D eigenvalue weighted by Crippen LogP contribution is 2.29. The van der Waals surface area contributed by atoms with Crippen LogP contribution < -0.4 is 4.74 Å². The maximum atomic E-state index is 5.18. The highest BCUT2D eigenvalue weighted by molar-refractivity contribution is 7.21. The van der Waals surface area contributed by atoms with Gasteiger partial charge >= 0.3 is 0 Å². The van der Waals surface area contributed by atoms with E-state index in [1.165, 1.54) is 0 Å². The quantitative estimate of drug-likeness (QED) is 0.560. The molecule has 0 aliphatic carbocycles. The zero-order chi connectivity index (χ0) is 15.6. The van der Waals surface area contributed by atoms with Crippen LogP contribution in [0.5, 0.6) is 5.75 Å². The highest BCUT2D eigenvalue weighted by Gasteiger charge is 2.10. The number of nitrogens with zero attached hydrogens (tertiary/aromatic N) is 3. The number of rotatable bonds is 3. The average molecular weight is 319 g/mol. The van der Waals surface area contributed by atoms with Crippen molar-refractivity contribution < 1.29 is 4.74 Å². The fourth-order valence-electron chi connectivity index (χ4n) is 2.33. The van der Waals surface area contributed by atoms with E-state index in [0.29, 0.717) is 5.65 Å². The molecule has 5 heteroatoms. The number of ether oxygens (including phenoxy) is 1. The summed E-state index contributed by atoms with van der Waals surface area (Å²) in [5.74, 6) is 0.826. The summed E-state index contributed by atoms with van der Waals surface area (Å²) in [6, 6.07) is 17.9. The van der Waals surface area contributed by atoms with Gasteiger partial charge in [-0.05, 0) is 24.3 Å². The maximum Gasteiger partial charge on any atom is 0.190 e. The largest absolute Gasteiger partial charge is 0.497 e. The number of hydrogen-bond donors (Lipinski definition) is 0. The topological polar surface area (TPSA) is 47.9 Å². The van der Waals surface area contributed by atoms with Crippen LogP contribution in [0, 0.1) is 0 Å². The van der Waals surface area contributed by atoms with Crippen molar-refractivity contribution in [3.8, 4) is 27.6 Å². The van der Waals surface area contributed by atoms with E-state index in [0.717, 1.165) is 32.4 Å². The minimum absolute atomic E-state index is 0.686. The maximum absolute atomic E-state index is 5.18. The molecule has 0 bridgehead atoms. The molecular weight excluding hydrogens is 306 g/mol.